The van der Waals surface area contributed by atoms with Gasteiger partial charge in [-0.2, -0.15) is 0 Å². The van der Waals surface area contributed by atoms with Crippen LogP contribution in [0.5, 0.6) is 11.5 Å². The van der Waals surface area contributed by atoms with Crippen LogP contribution in [-0.2, 0) is 10.8 Å². The second kappa shape index (κ2) is 10.5. The summed E-state index contributed by atoms with van der Waals surface area (Å²) in [4.78, 5) is 13.0. The number of phenols is 1. The second-order valence-electron chi connectivity index (χ2n) is 11.0. The monoisotopic (exact) mass is 490 g/mol. The third kappa shape index (κ3) is 6.22. The molecule has 0 aromatic heterocycles. The molecule has 0 saturated heterocycles. The van der Waals surface area contributed by atoms with E-state index >= 15 is 0 Å². The Morgan fingerprint density at radius 3 is 2.00 bits per heavy atom. The molecule has 1 unspecified atom stereocenters. The van der Waals surface area contributed by atoms with Gasteiger partial charge in [-0.15, -0.1) is 0 Å². The standard InChI is InChI=1S/C34H34O3/c1-33(2,3)26-14-10-24(11-15-26)32(36)25-12-21-31(22-13-25)37-30-9-7-6-8-27(18-23-30)34(4,5)28-16-19-29(35)20-17-28/h9-23,27,35H,7H2,1-5H3/b23-18-,30-9+. The molecule has 188 valence electrons. The maximum Gasteiger partial charge on any atom is 0.193 e. The molecule has 1 aliphatic rings. The maximum absolute atomic E-state index is 13.0. The number of hydrogen-bond acceptors (Lipinski definition) is 3. The third-order valence-corrected chi connectivity index (χ3v) is 6.87. The van der Waals surface area contributed by atoms with Gasteiger partial charge >= 0.3 is 0 Å². The first-order valence-corrected chi connectivity index (χ1v) is 12.6. The molecule has 3 heteroatoms. The molecule has 0 saturated carbocycles. The van der Waals surface area contributed by atoms with Crippen LogP contribution < -0.4 is 4.74 Å². The molecule has 3 aromatic rings. The van der Waals surface area contributed by atoms with E-state index in [-0.39, 0.29) is 28.3 Å². The average molecular weight is 491 g/mol. The van der Waals surface area contributed by atoms with Crippen molar-refractivity contribution in [1.82, 2.24) is 0 Å². The number of hydrogen-bond donors (Lipinski definition) is 1. The van der Waals surface area contributed by atoms with E-state index in [1.165, 1.54) is 5.56 Å². The minimum atomic E-state index is -0.243. The van der Waals surface area contributed by atoms with E-state index in [2.05, 4.69) is 52.5 Å². The van der Waals surface area contributed by atoms with Crippen molar-refractivity contribution < 1.29 is 14.6 Å². The highest BCUT2D eigenvalue weighted by Gasteiger charge is 2.28. The Bertz CT molecular complexity index is 1370. The molecule has 3 aromatic carbocycles. The zero-order valence-electron chi connectivity index (χ0n) is 22.2. The smallest absolute Gasteiger partial charge is 0.193 e. The van der Waals surface area contributed by atoms with Crippen molar-refractivity contribution in [2.45, 2.75) is 51.9 Å². The highest BCUT2D eigenvalue weighted by atomic mass is 16.5. The number of carbonyl (C=O) groups excluding carboxylic acids is 1. The van der Waals surface area contributed by atoms with Gasteiger partial charge in [0.25, 0.3) is 0 Å². The Kier molecular flexibility index (Phi) is 7.41. The number of rotatable bonds is 6. The lowest BCUT2D eigenvalue weighted by molar-refractivity contribution is 0.103. The van der Waals surface area contributed by atoms with E-state index < -0.39 is 0 Å². The molecule has 0 heterocycles. The second-order valence-corrected chi connectivity index (χ2v) is 11.0. The molecule has 0 amide bonds. The largest absolute Gasteiger partial charge is 0.508 e. The minimum absolute atomic E-state index is 0.00773. The van der Waals surface area contributed by atoms with Gasteiger partial charge in [0.15, 0.2) is 5.78 Å². The van der Waals surface area contributed by atoms with Crippen LogP contribution in [-0.4, -0.2) is 10.9 Å². The molecule has 1 N–H and O–H groups in total. The highest BCUT2D eigenvalue weighted by molar-refractivity contribution is 6.09. The molecule has 1 aliphatic carbocycles. The molecule has 37 heavy (non-hydrogen) atoms. The summed E-state index contributed by atoms with van der Waals surface area (Å²) in [5.74, 6) is 8.22. The van der Waals surface area contributed by atoms with Gasteiger partial charge in [-0.25, -0.2) is 0 Å². The molecule has 3 nitrogen and oxygen atoms in total. The van der Waals surface area contributed by atoms with Gasteiger partial charge in [-0.3, -0.25) is 4.79 Å². The van der Waals surface area contributed by atoms with Gasteiger partial charge in [0.1, 0.15) is 17.3 Å². The van der Waals surface area contributed by atoms with Gasteiger partial charge in [-0.05, 0) is 65.1 Å². The predicted octanol–water partition coefficient (Wildman–Crippen LogP) is 7.74. The van der Waals surface area contributed by atoms with Gasteiger partial charge in [0.05, 0.1) is 0 Å². The van der Waals surface area contributed by atoms with Crippen LogP contribution in [0.15, 0.2) is 96.8 Å². The molecule has 0 radical (unpaired) electrons. The van der Waals surface area contributed by atoms with E-state index in [1.54, 1.807) is 24.3 Å². The topological polar surface area (TPSA) is 46.5 Å². The summed E-state index contributed by atoms with van der Waals surface area (Å²) in [6.45, 7) is 10.8. The first-order valence-electron chi connectivity index (χ1n) is 12.6. The summed E-state index contributed by atoms with van der Waals surface area (Å²) in [6.07, 6.45) is 6.59. The first kappa shape index (κ1) is 26.0. The van der Waals surface area contributed by atoms with Crippen LogP contribution in [0, 0.1) is 17.8 Å². The molecule has 0 bridgehead atoms. The van der Waals surface area contributed by atoms with Gasteiger partial charge < -0.3 is 9.84 Å². The quantitative estimate of drug-likeness (QED) is 0.284. The molecule has 0 aliphatic heterocycles. The Balaban J connectivity index is 1.45. The predicted molar refractivity (Wildman–Crippen MR) is 150 cm³/mol. The Labute approximate surface area is 220 Å². The number of aromatic hydroxyl groups is 1. The van der Waals surface area contributed by atoms with Crippen molar-refractivity contribution in [2.75, 3.05) is 0 Å². The lowest BCUT2D eigenvalue weighted by Crippen LogP contribution is -2.26. The summed E-state index contributed by atoms with van der Waals surface area (Å²) in [5.41, 5.74) is 3.41. The van der Waals surface area contributed by atoms with Crippen LogP contribution in [0.2, 0.25) is 0 Å². The fourth-order valence-corrected chi connectivity index (χ4v) is 4.29. The Morgan fingerprint density at radius 1 is 0.838 bits per heavy atom. The summed E-state index contributed by atoms with van der Waals surface area (Å²) >= 11 is 0. The number of ether oxygens (including phenoxy) is 1. The van der Waals surface area contributed by atoms with Crippen molar-refractivity contribution in [3.63, 3.8) is 0 Å². The summed E-state index contributed by atoms with van der Waals surface area (Å²) in [7, 11) is 0. The van der Waals surface area contributed by atoms with Crippen LogP contribution in [0.3, 0.4) is 0 Å². The fraction of sp³-hybridized carbons (Fsp3) is 0.265. The van der Waals surface area contributed by atoms with Crippen LogP contribution >= 0.6 is 0 Å². The van der Waals surface area contributed by atoms with E-state index in [4.69, 9.17) is 4.74 Å². The molecule has 1 atom stereocenters. The van der Waals surface area contributed by atoms with Gasteiger partial charge in [0.2, 0.25) is 0 Å². The normalized spacial score (nSPS) is 17.9. The van der Waals surface area contributed by atoms with Crippen LogP contribution in [0.4, 0.5) is 0 Å². The number of benzene rings is 3. The van der Waals surface area contributed by atoms with E-state index in [9.17, 15) is 9.90 Å². The molecular formula is C34H34O3. The number of carbonyl (C=O) groups is 1. The van der Waals surface area contributed by atoms with E-state index in [0.29, 0.717) is 23.3 Å². The van der Waals surface area contributed by atoms with E-state index in [1.807, 2.05) is 60.7 Å². The fourth-order valence-electron chi connectivity index (χ4n) is 4.29. The number of phenolic OH excluding ortho intramolecular Hbond substituents is 1. The highest BCUT2D eigenvalue weighted by Crippen LogP contribution is 2.34. The minimum Gasteiger partial charge on any atom is -0.508 e. The molecule has 0 spiro atoms. The Morgan fingerprint density at radius 2 is 1.41 bits per heavy atom. The zero-order chi connectivity index (χ0) is 26.6. The maximum atomic E-state index is 13.0. The van der Waals surface area contributed by atoms with Gasteiger partial charge in [0, 0.05) is 28.9 Å². The summed E-state index contributed by atoms with van der Waals surface area (Å²) in [5, 5.41) is 9.65. The number of allylic oxidation sites excluding steroid dienone is 3. The van der Waals surface area contributed by atoms with Crippen molar-refractivity contribution >= 4 is 5.78 Å². The summed E-state index contributed by atoms with van der Waals surface area (Å²) < 4.78 is 6.13. The SMILES string of the molecule is CC(C)(C)c1ccc(C(=O)c2ccc(OC3=C/CC#CC(C(C)(C)c4ccc(O)cc4)/C=C\3)cc2)cc1. The zero-order valence-corrected chi connectivity index (χ0v) is 22.2. The molecule has 0 fully saturated rings. The van der Waals surface area contributed by atoms with Crippen LogP contribution in [0.1, 0.15) is 68.1 Å². The lowest BCUT2D eigenvalue weighted by Gasteiger charge is -2.30. The average Bonchev–Trinajstić information content (AvgIpc) is 2.85. The number of ketones is 1. The van der Waals surface area contributed by atoms with Crippen molar-refractivity contribution in [3.8, 4) is 23.3 Å². The molecular weight excluding hydrogens is 456 g/mol. The van der Waals surface area contributed by atoms with E-state index in [0.717, 1.165) is 11.3 Å². The van der Waals surface area contributed by atoms with Crippen molar-refractivity contribution in [2.24, 2.45) is 5.92 Å². The van der Waals surface area contributed by atoms with Crippen molar-refractivity contribution in [3.05, 3.63) is 119 Å². The molecule has 4 rings (SSSR count). The lowest BCUT2D eigenvalue weighted by atomic mass is 9.73. The van der Waals surface area contributed by atoms with Crippen molar-refractivity contribution in [1.29, 1.82) is 0 Å². The first-order chi connectivity index (χ1) is 17.5. The summed E-state index contributed by atoms with van der Waals surface area (Å²) in [6, 6.07) is 22.4. The Hall–Kier alpha value is -4.03. The third-order valence-electron chi connectivity index (χ3n) is 6.87. The van der Waals surface area contributed by atoms with Crippen LogP contribution in [0.25, 0.3) is 0 Å². The van der Waals surface area contributed by atoms with Gasteiger partial charge in [-0.1, -0.05) is 88.9 Å².